The average molecular weight is 210 g/mol. The van der Waals surface area contributed by atoms with Gasteiger partial charge in [-0.25, -0.2) is 4.98 Å². The Balaban J connectivity index is 2.11. The molecule has 1 aliphatic rings. The molecule has 1 saturated heterocycles. The van der Waals surface area contributed by atoms with Crippen LogP contribution in [0, 0.1) is 6.92 Å². The summed E-state index contributed by atoms with van der Waals surface area (Å²) < 4.78 is 5.30. The number of aromatic nitrogens is 1. The number of aryl methyl sites for hydroxylation is 1. The Kier molecular flexibility index (Phi) is 2.73. The number of hydrogen-bond donors (Lipinski definition) is 2. The van der Waals surface area contributed by atoms with Crippen LogP contribution in [-0.4, -0.2) is 28.6 Å². The van der Waals surface area contributed by atoms with Crippen molar-refractivity contribution >= 4 is 5.97 Å². The van der Waals surface area contributed by atoms with E-state index in [4.69, 9.17) is 9.52 Å². The van der Waals surface area contributed by atoms with Crippen LogP contribution in [0.4, 0.5) is 0 Å². The highest BCUT2D eigenvalue weighted by Gasteiger charge is 2.30. The molecule has 5 nitrogen and oxygen atoms in total. The second-order valence-corrected chi connectivity index (χ2v) is 3.87. The highest BCUT2D eigenvalue weighted by Crippen LogP contribution is 2.29. The minimum absolute atomic E-state index is 0.176. The summed E-state index contributed by atoms with van der Waals surface area (Å²) in [5, 5.41) is 11.9. The monoisotopic (exact) mass is 210 g/mol. The molecule has 0 aliphatic carbocycles. The predicted molar refractivity (Wildman–Crippen MR) is 52.6 cm³/mol. The Bertz CT molecular complexity index is 361. The lowest BCUT2D eigenvalue weighted by molar-refractivity contribution is -0.140. The van der Waals surface area contributed by atoms with Gasteiger partial charge in [-0.2, -0.15) is 0 Å². The topological polar surface area (TPSA) is 75.4 Å². The molecule has 0 radical (unpaired) electrons. The molecule has 2 rings (SSSR count). The van der Waals surface area contributed by atoms with Crippen molar-refractivity contribution in [3.05, 3.63) is 17.8 Å². The Morgan fingerprint density at radius 2 is 2.53 bits per heavy atom. The standard InChI is InChI=1S/C10H14N2O3/c1-6-9(15-5-12-6)7-2-3-11-8(4-7)10(13)14/h5,7-8,11H,2-4H2,1H3,(H,13,14). The number of nitrogens with one attached hydrogen (secondary N) is 1. The second kappa shape index (κ2) is 4.02. The molecule has 2 N–H and O–H groups in total. The van der Waals surface area contributed by atoms with Crippen LogP contribution in [0.5, 0.6) is 0 Å². The molecular formula is C10H14N2O3. The zero-order chi connectivity index (χ0) is 10.8. The van der Waals surface area contributed by atoms with Crippen LogP contribution in [0.3, 0.4) is 0 Å². The van der Waals surface area contributed by atoms with Crippen LogP contribution in [0.15, 0.2) is 10.8 Å². The van der Waals surface area contributed by atoms with Crippen molar-refractivity contribution in [2.24, 2.45) is 0 Å². The van der Waals surface area contributed by atoms with Gasteiger partial charge in [0.1, 0.15) is 11.8 Å². The summed E-state index contributed by atoms with van der Waals surface area (Å²) in [6.45, 7) is 2.60. The number of carboxylic acid groups (broad SMARTS) is 1. The summed E-state index contributed by atoms with van der Waals surface area (Å²) in [4.78, 5) is 14.9. The molecule has 2 atom stereocenters. The van der Waals surface area contributed by atoms with E-state index in [0.717, 1.165) is 17.9 Å². The summed E-state index contributed by atoms with van der Waals surface area (Å²) in [7, 11) is 0. The zero-order valence-electron chi connectivity index (χ0n) is 8.56. The second-order valence-electron chi connectivity index (χ2n) is 3.87. The Labute approximate surface area is 87.5 Å². The fraction of sp³-hybridized carbons (Fsp3) is 0.600. The van der Waals surface area contributed by atoms with Crippen molar-refractivity contribution in [2.75, 3.05) is 6.54 Å². The van der Waals surface area contributed by atoms with Gasteiger partial charge < -0.3 is 14.8 Å². The first-order valence-electron chi connectivity index (χ1n) is 5.04. The molecule has 0 saturated carbocycles. The van der Waals surface area contributed by atoms with E-state index in [1.807, 2.05) is 6.92 Å². The van der Waals surface area contributed by atoms with Gasteiger partial charge in [-0.15, -0.1) is 0 Å². The number of hydrogen-bond acceptors (Lipinski definition) is 4. The van der Waals surface area contributed by atoms with Crippen LogP contribution in [-0.2, 0) is 4.79 Å². The molecule has 0 spiro atoms. The van der Waals surface area contributed by atoms with Crippen LogP contribution in [0.25, 0.3) is 0 Å². The molecule has 15 heavy (non-hydrogen) atoms. The average Bonchev–Trinajstić information content (AvgIpc) is 2.64. The van der Waals surface area contributed by atoms with Crippen LogP contribution in [0.2, 0.25) is 0 Å². The quantitative estimate of drug-likeness (QED) is 0.758. The molecule has 1 aromatic rings. The molecule has 0 amide bonds. The lowest BCUT2D eigenvalue weighted by Gasteiger charge is -2.26. The molecule has 82 valence electrons. The fourth-order valence-corrected chi connectivity index (χ4v) is 2.05. The molecule has 0 bridgehead atoms. The largest absolute Gasteiger partial charge is 0.480 e. The normalized spacial score (nSPS) is 26.5. The van der Waals surface area contributed by atoms with Crippen molar-refractivity contribution in [3.63, 3.8) is 0 Å². The molecular weight excluding hydrogens is 196 g/mol. The van der Waals surface area contributed by atoms with Gasteiger partial charge >= 0.3 is 5.97 Å². The zero-order valence-corrected chi connectivity index (χ0v) is 8.56. The minimum Gasteiger partial charge on any atom is -0.480 e. The van der Waals surface area contributed by atoms with Crippen molar-refractivity contribution in [3.8, 4) is 0 Å². The summed E-state index contributed by atoms with van der Waals surface area (Å²) in [6.07, 6.45) is 2.90. The molecule has 1 aliphatic heterocycles. The van der Waals surface area contributed by atoms with Gasteiger partial charge in [-0.05, 0) is 26.3 Å². The number of piperidine rings is 1. The number of rotatable bonds is 2. The third-order valence-electron chi connectivity index (χ3n) is 2.86. The Morgan fingerprint density at radius 3 is 3.13 bits per heavy atom. The summed E-state index contributed by atoms with van der Waals surface area (Å²) in [6, 6.07) is -0.465. The minimum atomic E-state index is -0.795. The van der Waals surface area contributed by atoms with Crippen LogP contribution < -0.4 is 5.32 Å². The first kappa shape index (κ1) is 10.2. The molecule has 1 fully saturated rings. The number of aliphatic carboxylic acids is 1. The summed E-state index contributed by atoms with van der Waals surface area (Å²) in [5.74, 6) is 0.217. The summed E-state index contributed by atoms with van der Waals surface area (Å²) >= 11 is 0. The molecule has 2 unspecified atom stereocenters. The fourth-order valence-electron chi connectivity index (χ4n) is 2.05. The van der Waals surface area contributed by atoms with Gasteiger partial charge in [0.15, 0.2) is 6.39 Å². The Hall–Kier alpha value is -1.36. The number of nitrogens with zero attached hydrogens (tertiary/aromatic N) is 1. The smallest absolute Gasteiger partial charge is 0.320 e. The van der Waals surface area contributed by atoms with Crippen molar-refractivity contribution in [2.45, 2.75) is 31.7 Å². The maximum absolute atomic E-state index is 10.8. The van der Waals surface area contributed by atoms with E-state index in [9.17, 15) is 4.79 Å². The van der Waals surface area contributed by atoms with Crippen molar-refractivity contribution < 1.29 is 14.3 Å². The SMILES string of the molecule is Cc1ncoc1C1CCNC(C(=O)O)C1. The van der Waals surface area contributed by atoms with Crippen LogP contribution in [0.1, 0.15) is 30.2 Å². The van der Waals surface area contributed by atoms with Gasteiger partial charge in [0.05, 0.1) is 5.69 Å². The lowest BCUT2D eigenvalue weighted by atomic mass is 9.89. The van der Waals surface area contributed by atoms with E-state index in [1.54, 1.807) is 0 Å². The van der Waals surface area contributed by atoms with E-state index in [2.05, 4.69) is 10.3 Å². The number of carboxylic acids is 1. The Morgan fingerprint density at radius 1 is 1.73 bits per heavy atom. The first-order valence-corrected chi connectivity index (χ1v) is 5.04. The highest BCUT2D eigenvalue weighted by molar-refractivity contribution is 5.73. The molecule has 5 heteroatoms. The van der Waals surface area contributed by atoms with Gasteiger partial charge in [-0.1, -0.05) is 0 Å². The number of carbonyl (C=O) groups is 1. The summed E-state index contributed by atoms with van der Waals surface area (Å²) in [5.41, 5.74) is 0.867. The molecule has 0 aromatic carbocycles. The van der Waals surface area contributed by atoms with Crippen molar-refractivity contribution in [1.29, 1.82) is 0 Å². The third kappa shape index (κ3) is 2.02. The van der Waals surface area contributed by atoms with E-state index in [-0.39, 0.29) is 5.92 Å². The van der Waals surface area contributed by atoms with Gasteiger partial charge in [0.2, 0.25) is 0 Å². The van der Waals surface area contributed by atoms with Gasteiger partial charge in [0, 0.05) is 5.92 Å². The van der Waals surface area contributed by atoms with Gasteiger partial charge in [0.25, 0.3) is 0 Å². The maximum atomic E-state index is 10.8. The van der Waals surface area contributed by atoms with Gasteiger partial charge in [-0.3, -0.25) is 4.79 Å². The van der Waals surface area contributed by atoms with E-state index >= 15 is 0 Å². The first-order chi connectivity index (χ1) is 7.18. The van der Waals surface area contributed by atoms with E-state index in [0.29, 0.717) is 13.0 Å². The number of oxazole rings is 1. The van der Waals surface area contributed by atoms with Crippen LogP contribution >= 0.6 is 0 Å². The van der Waals surface area contributed by atoms with E-state index < -0.39 is 12.0 Å². The maximum Gasteiger partial charge on any atom is 0.320 e. The molecule has 1 aromatic heterocycles. The highest BCUT2D eigenvalue weighted by atomic mass is 16.4. The van der Waals surface area contributed by atoms with E-state index in [1.165, 1.54) is 6.39 Å². The third-order valence-corrected chi connectivity index (χ3v) is 2.86. The predicted octanol–water partition coefficient (Wildman–Crippen LogP) is 0.903. The molecule has 2 heterocycles. The lowest BCUT2D eigenvalue weighted by Crippen LogP contribution is -2.42. The van der Waals surface area contributed by atoms with Crippen molar-refractivity contribution in [1.82, 2.24) is 10.3 Å².